The second-order valence-electron chi connectivity index (χ2n) is 3.49. The van der Waals surface area contributed by atoms with E-state index in [-0.39, 0.29) is 5.91 Å². The zero-order chi connectivity index (χ0) is 9.10. The van der Waals surface area contributed by atoms with Crippen molar-refractivity contribution in [2.24, 2.45) is 5.92 Å². The van der Waals surface area contributed by atoms with Crippen LogP contribution in [0.2, 0.25) is 0 Å². The summed E-state index contributed by atoms with van der Waals surface area (Å²) in [5.41, 5.74) is 1.12. The number of imidazole rings is 1. The summed E-state index contributed by atoms with van der Waals surface area (Å²) in [7, 11) is 0. The maximum Gasteiger partial charge on any atom is 0.220 e. The van der Waals surface area contributed by atoms with E-state index < -0.39 is 0 Å². The lowest BCUT2D eigenvalue weighted by Crippen LogP contribution is -2.34. The van der Waals surface area contributed by atoms with Gasteiger partial charge in [0.2, 0.25) is 5.91 Å². The lowest BCUT2D eigenvalue weighted by atomic mass is 9.93. The van der Waals surface area contributed by atoms with E-state index in [9.17, 15) is 4.79 Å². The molecule has 1 aromatic heterocycles. The molecule has 1 aromatic rings. The van der Waals surface area contributed by atoms with Gasteiger partial charge in [0.15, 0.2) is 0 Å². The van der Waals surface area contributed by atoms with Crippen molar-refractivity contribution in [1.82, 2.24) is 15.3 Å². The predicted molar refractivity (Wildman–Crippen MR) is 48.0 cm³/mol. The summed E-state index contributed by atoms with van der Waals surface area (Å²) >= 11 is 0. The van der Waals surface area contributed by atoms with Crippen LogP contribution in [0, 0.1) is 5.92 Å². The molecule has 1 unspecified atom stereocenters. The summed E-state index contributed by atoms with van der Waals surface area (Å²) < 4.78 is 0. The van der Waals surface area contributed by atoms with Crippen LogP contribution in [0.5, 0.6) is 0 Å². The number of hydrogen-bond acceptors (Lipinski definition) is 2. The number of carbonyl (C=O) groups is 1. The molecule has 0 aliphatic carbocycles. The molecule has 2 rings (SSSR count). The zero-order valence-corrected chi connectivity index (χ0v) is 7.42. The summed E-state index contributed by atoms with van der Waals surface area (Å²) in [6.45, 7) is 0.817. The molecule has 70 valence electrons. The van der Waals surface area contributed by atoms with Crippen LogP contribution in [0.4, 0.5) is 0 Å². The standard InChI is InChI=1S/C9H13N3O/c13-9-4-7(1-2-11-9)3-8-5-10-6-12-8/h5-7H,1-4H2,(H,10,12)(H,11,13). The van der Waals surface area contributed by atoms with E-state index in [2.05, 4.69) is 15.3 Å². The fraction of sp³-hybridized carbons (Fsp3) is 0.556. The van der Waals surface area contributed by atoms with Crippen molar-refractivity contribution in [3.63, 3.8) is 0 Å². The molecule has 1 atom stereocenters. The highest BCUT2D eigenvalue weighted by Crippen LogP contribution is 2.16. The van der Waals surface area contributed by atoms with Crippen molar-refractivity contribution in [3.8, 4) is 0 Å². The smallest absolute Gasteiger partial charge is 0.220 e. The first kappa shape index (κ1) is 8.29. The van der Waals surface area contributed by atoms with E-state index in [1.165, 1.54) is 0 Å². The first-order valence-corrected chi connectivity index (χ1v) is 4.58. The average molecular weight is 179 g/mol. The molecule has 0 radical (unpaired) electrons. The van der Waals surface area contributed by atoms with E-state index in [0.29, 0.717) is 12.3 Å². The van der Waals surface area contributed by atoms with Crippen LogP contribution in [0.15, 0.2) is 12.5 Å². The number of H-pyrrole nitrogens is 1. The molecule has 2 heterocycles. The van der Waals surface area contributed by atoms with Crippen molar-refractivity contribution in [2.75, 3.05) is 6.54 Å². The van der Waals surface area contributed by atoms with Crippen molar-refractivity contribution in [2.45, 2.75) is 19.3 Å². The third-order valence-electron chi connectivity index (χ3n) is 2.41. The normalized spacial score (nSPS) is 22.8. The third-order valence-corrected chi connectivity index (χ3v) is 2.41. The van der Waals surface area contributed by atoms with Crippen LogP contribution in [-0.2, 0) is 11.2 Å². The highest BCUT2D eigenvalue weighted by atomic mass is 16.1. The fourth-order valence-electron chi connectivity index (χ4n) is 1.73. The van der Waals surface area contributed by atoms with Gasteiger partial charge in [-0.25, -0.2) is 4.98 Å². The molecule has 0 aromatic carbocycles. The Hall–Kier alpha value is -1.32. The maximum absolute atomic E-state index is 11.1. The van der Waals surface area contributed by atoms with Gasteiger partial charge >= 0.3 is 0 Å². The summed E-state index contributed by atoms with van der Waals surface area (Å²) in [6, 6.07) is 0. The van der Waals surface area contributed by atoms with Gasteiger partial charge in [-0.05, 0) is 18.8 Å². The Bertz CT molecular complexity index is 281. The average Bonchev–Trinajstić information content (AvgIpc) is 2.57. The maximum atomic E-state index is 11.1. The first-order chi connectivity index (χ1) is 6.34. The third kappa shape index (κ3) is 2.08. The molecular formula is C9H13N3O. The van der Waals surface area contributed by atoms with Gasteiger partial charge in [0.25, 0.3) is 0 Å². The Morgan fingerprint density at radius 1 is 1.62 bits per heavy atom. The molecule has 0 spiro atoms. The molecule has 0 bridgehead atoms. The van der Waals surface area contributed by atoms with Crippen molar-refractivity contribution in [3.05, 3.63) is 18.2 Å². The number of aromatic nitrogens is 2. The summed E-state index contributed by atoms with van der Waals surface area (Å²) in [4.78, 5) is 18.1. The predicted octanol–water partition coefficient (Wildman–Crippen LogP) is 0.478. The molecule has 1 fully saturated rings. The van der Waals surface area contributed by atoms with Gasteiger partial charge in [-0.15, -0.1) is 0 Å². The van der Waals surface area contributed by atoms with Crippen LogP contribution in [0.1, 0.15) is 18.5 Å². The number of nitrogens with zero attached hydrogens (tertiary/aromatic N) is 1. The lowest BCUT2D eigenvalue weighted by molar-refractivity contribution is -0.123. The number of amides is 1. The Balaban J connectivity index is 1.91. The van der Waals surface area contributed by atoms with Crippen molar-refractivity contribution >= 4 is 5.91 Å². The largest absolute Gasteiger partial charge is 0.356 e. The summed E-state index contributed by atoms with van der Waals surface area (Å²) in [5, 5.41) is 2.83. The van der Waals surface area contributed by atoms with Gasteiger partial charge in [-0.3, -0.25) is 4.79 Å². The molecule has 1 saturated heterocycles. The lowest BCUT2D eigenvalue weighted by Gasteiger charge is -2.21. The molecule has 4 nitrogen and oxygen atoms in total. The van der Waals surface area contributed by atoms with Crippen LogP contribution in [0.25, 0.3) is 0 Å². The van der Waals surface area contributed by atoms with E-state index in [0.717, 1.165) is 25.1 Å². The van der Waals surface area contributed by atoms with E-state index in [4.69, 9.17) is 0 Å². The second kappa shape index (κ2) is 3.60. The van der Waals surface area contributed by atoms with E-state index >= 15 is 0 Å². The number of piperidine rings is 1. The van der Waals surface area contributed by atoms with Gasteiger partial charge in [0, 0.05) is 24.9 Å². The SMILES string of the molecule is O=C1CC(Cc2cnc[nH]2)CCN1. The Morgan fingerprint density at radius 2 is 2.54 bits per heavy atom. The molecule has 13 heavy (non-hydrogen) atoms. The number of carbonyl (C=O) groups excluding carboxylic acids is 1. The van der Waals surface area contributed by atoms with E-state index in [1.807, 2.05) is 6.20 Å². The molecule has 4 heteroatoms. The van der Waals surface area contributed by atoms with Crippen molar-refractivity contribution in [1.29, 1.82) is 0 Å². The quantitative estimate of drug-likeness (QED) is 0.693. The van der Waals surface area contributed by atoms with Crippen LogP contribution in [0.3, 0.4) is 0 Å². The topological polar surface area (TPSA) is 57.8 Å². The fourth-order valence-corrected chi connectivity index (χ4v) is 1.73. The Morgan fingerprint density at radius 3 is 3.23 bits per heavy atom. The van der Waals surface area contributed by atoms with Gasteiger partial charge < -0.3 is 10.3 Å². The van der Waals surface area contributed by atoms with E-state index in [1.54, 1.807) is 6.33 Å². The number of aromatic amines is 1. The van der Waals surface area contributed by atoms with Crippen LogP contribution >= 0.6 is 0 Å². The van der Waals surface area contributed by atoms with Crippen LogP contribution in [-0.4, -0.2) is 22.4 Å². The van der Waals surface area contributed by atoms with Crippen molar-refractivity contribution < 1.29 is 4.79 Å². The minimum absolute atomic E-state index is 0.177. The number of rotatable bonds is 2. The Kier molecular flexibility index (Phi) is 2.29. The molecule has 1 amide bonds. The zero-order valence-electron chi connectivity index (χ0n) is 7.42. The minimum atomic E-state index is 0.177. The summed E-state index contributed by atoms with van der Waals surface area (Å²) in [5.74, 6) is 0.657. The molecule has 0 saturated carbocycles. The Labute approximate surface area is 76.8 Å². The molecule has 1 aliphatic rings. The number of hydrogen-bond donors (Lipinski definition) is 2. The van der Waals surface area contributed by atoms with Gasteiger partial charge in [-0.1, -0.05) is 0 Å². The molecule has 2 N–H and O–H groups in total. The minimum Gasteiger partial charge on any atom is -0.356 e. The number of nitrogens with one attached hydrogen (secondary N) is 2. The summed E-state index contributed by atoms with van der Waals surface area (Å²) in [6.07, 6.45) is 6.17. The molecule has 1 aliphatic heterocycles. The molecular weight excluding hydrogens is 166 g/mol. The van der Waals surface area contributed by atoms with Gasteiger partial charge in [0.05, 0.1) is 6.33 Å². The second-order valence-corrected chi connectivity index (χ2v) is 3.49. The van der Waals surface area contributed by atoms with Gasteiger partial charge in [0.1, 0.15) is 0 Å². The monoisotopic (exact) mass is 179 g/mol. The highest BCUT2D eigenvalue weighted by molar-refractivity contribution is 5.76. The first-order valence-electron chi connectivity index (χ1n) is 4.58. The van der Waals surface area contributed by atoms with Crippen LogP contribution < -0.4 is 5.32 Å². The van der Waals surface area contributed by atoms with Gasteiger partial charge in [-0.2, -0.15) is 0 Å². The highest BCUT2D eigenvalue weighted by Gasteiger charge is 2.19.